The molecule has 0 aromatic carbocycles. The quantitative estimate of drug-likeness (QED) is 0.750. The Labute approximate surface area is 96.2 Å². The molecule has 0 aromatic heterocycles. The van der Waals surface area contributed by atoms with E-state index in [9.17, 15) is 5.11 Å². The van der Waals surface area contributed by atoms with E-state index in [1.165, 1.54) is 0 Å². The van der Waals surface area contributed by atoms with Crippen LogP contribution in [0.2, 0.25) is 0 Å². The molecule has 0 rings (SSSR count). The molecule has 0 amide bonds. The Kier molecular flexibility index (Phi) is 5.63. The summed E-state index contributed by atoms with van der Waals surface area (Å²) in [6.07, 6.45) is 1.49. The van der Waals surface area contributed by atoms with Gasteiger partial charge in [-0.15, -0.1) is 0 Å². The predicted molar refractivity (Wildman–Crippen MR) is 63.9 cm³/mol. The zero-order chi connectivity index (χ0) is 11.4. The molecule has 3 heteroatoms. The molecule has 0 aliphatic carbocycles. The van der Waals surface area contributed by atoms with Gasteiger partial charge in [-0.3, -0.25) is 0 Å². The number of methoxy groups -OCH3 is 1. The van der Waals surface area contributed by atoms with Crippen LogP contribution in [0.5, 0.6) is 0 Å². The molecule has 86 valence electrons. The van der Waals surface area contributed by atoms with Crippen LogP contribution in [0, 0.1) is 5.41 Å². The van der Waals surface area contributed by atoms with Crippen LogP contribution in [0.1, 0.15) is 40.5 Å². The zero-order valence-corrected chi connectivity index (χ0v) is 11.5. The number of hydrogen-bond donors (Lipinski definition) is 1. The molecular formula is C11H23BrO2. The van der Waals surface area contributed by atoms with Gasteiger partial charge in [0.05, 0.1) is 11.7 Å². The van der Waals surface area contributed by atoms with Crippen molar-refractivity contribution in [2.45, 2.75) is 52.2 Å². The van der Waals surface area contributed by atoms with Gasteiger partial charge >= 0.3 is 0 Å². The predicted octanol–water partition coefficient (Wildman–Crippen LogP) is 2.97. The summed E-state index contributed by atoms with van der Waals surface area (Å²) in [6, 6.07) is 0. The SMILES string of the molecule is CCC(C)(CC(C)(C)OC)[C@H](O)CBr. The van der Waals surface area contributed by atoms with Crippen LogP contribution < -0.4 is 0 Å². The van der Waals surface area contributed by atoms with Crippen LogP contribution in [-0.4, -0.2) is 29.3 Å². The molecule has 0 aliphatic rings. The molecule has 0 saturated carbocycles. The molecule has 1 unspecified atom stereocenters. The van der Waals surface area contributed by atoms with Crippen molar-refractivity contribution in [1.29, 1.82) is 0 Å². The Morgan fingerprint density at radius 2 is 1.86 bits per heavy atom. The molecule has 0 aliphatic heterocycles. The molecule has 2 nitrogen and oxygen atoms in total. The van der Waals surface area contributed by atoms with Crippen LogP contribution in [0.3, 0.4) is 0 Å². The molecule has 0 aromatic rings. The Balaban J connectivity index is 4.54. The summed E-state index contributed by atoms with van der Waals surface area (Å²) in [5.74, 6) is 0. The third-order valence-electron chi connectivity index (χ3n) is 3.14. The molecule has 0 spiro atoms. The highest BCUT2D eigenvalue weighted by molar-refractivity contribution is 9.09. The standard InChI is InChI=1S/C11H23BrO2/c1-6-11(4,9(13)7-12)8-10(2,3)14-5/h9,13H,6-8H2,1-5H3/t9-,11?/m1/s1. The third kappa shape index (κ3) is 3.87. The lowest BCUT2D eigenvalue weighted by Crippen LogP contribution is -2.40. The van der Waals surface area contributed by atoms with E-state index >= 15 is 0 Å². The van der Waals surface area contributed by atoms with Crippen molar-refractivity contribution in [1.82, 2.24) is 0 Å². The van der Waals surface area contributed by atoms with E-state index in [0.717, 1.165) is 12.8 Å². The molecule has 0 radical (unpaired) electrons. The summed E-state index contributed by atoms with van der Waals surface area (Å²) in [7, 11) is 1.72. The lowest BCUT2D eigenvalue weighted by atomic mass is 9.74. The topological polar surface area (TPSA) is 29.5 Å². The molecule has 14 heavy (non-hydrogen) atoms. The van der Waals surface area contributed by atoms with E-state index in [2.05, 4.69) is 43.6 Å². The number of hydrogen-bond acceptors (Lipinski definition) is 2. The minimum atomic E-state index is -0.318. The summed E-state index contributed by atoms with van der Waals surface area (Å²) < 4.78 is 5.40. The van der Waals surface area contributed by atoms with Crippen molar-refractivity contribution in [3.8, 4) is 0 Å². The Morgan fingerprint density at radius 1 is 1.36 bits per heavy atom. The van der Waals surface area contributed by atoms with Crippen LogP contribution in [-0.2, 0) is 4.74 Å². The van der Waals surface area contributed by atoms with Crippen LogP contribution in [0.25, 0.3) is 0 Å². The van der Waals surface area contributed by atoms with Gasteiger partial charge in [0, 0.05) is 12.4 Å². The number of alkyl halides is 1. The van der Waals surface area contributed by atoms with E-state index in [1.54, 1.807) is 7.11 Å². The summed E-state index contributed by atoms with van der Waals surface area (Å²) in [5.41, 5.74) is -0.253. The van der Waals surface area contributed by atoms with Gasteiger partial charge in [0.25, 0.3) is 0 Å². The Bertz CT molecular complexity index is 171. The maximum Gasteiger partial charge on any atom is 0.0691 e. The fraction of sp³-hybridized carbons (Fsp3) is 1.00. The average molecular weight is 267 g/mol. The van der Waals surface area contributed by atoms with Gasteiger partial charge in [-0.25, -0.2) is 0 Å². The van der Waals surface area contributed by atoms with Crippen LogP contribution in [0.15, 0.2) is 0 Å². The highest BCUT2D eigenvalue weighted by atomic mass is 79.9. The number of aliphatic hydroxyl groups excluding tert-OH is 1. The summed E-state index contributed by atoms with van der Waals surface area (Å²) in [6.45, 7) is 8.33. The number of rotatable bonds is 6. The first-order chi connectivity index (χ1) is 6.31. The zero-order valence-electron chi connectivity index (χ0n) is 9.93. The van der Waals surface area contributed by atoms with Crippen molar-refractivity contribution >= 4 is 15.9 Å². The summed E-state index contributed by atoms with van der Waals surface area (Å²) in [5, 5.41) is 10.6. The Hall–Kier alpha value is 0.400. The normalized spacial score (nSPS) is 19.1. The van der Waals surface area contributed by atoms with Gasteiger partial charge in [-0.1, -0.05) is 29.8 Å². The van der Waals surface area contributed by atoms with E-state index in [-0.39, 0.29) is 17.1 Å². The lowest BCUT2D eigenvalue weighted by molar-refractivity contribution is -0.0527. The van der Waals surface area contributed by atoms with E-state index in [1.807, 2.05) is 0 Å². The fourth-order valence-corrected chi connectivity index (χ4v) is 2.49. The van der Waals surface area contributed by atoms with Crippen molar-refractivity contribution < 1.29 is 9.84 Å². The molecule has 0 heterocycles. The minimum absolute atomic E-state index is 0.0803. The molecule has 0 bridgehead atoms. The van der Waals surface area contributed by atoms with Gasteiger partial charge in [-0.2, -0.15) is 0 Å². The largest absolute Gasteiger partial charge is 0.392 e. The van der Waals surface area contributed by atoms with Gasteiger partial charge in [-0.05, 0) is 32.1 Å². The number of aliphatic hydroxyl groups is 1. The molecule has 2 atom stereocenters. The van der Waals surface area contributed by atoms with Crippen molar-refractivity contribution in [2.75, 3.05) is 12.4 Å². The highest BCUT2D eigenvalue weighted by Crippen LogP contribution is 2.37. The van der Waals surface area contributed by atoms with Crippen molar-refractivity contribution in [3.05, 3.63) is 0 Å². The first kappa shape index (κ1) is 14.4. The third-order valence-corrected chi connectivity index (χ3v) is 3.75. The van der Waals surface area contributed by atoms with E-state index in [4.69, 9.17) is 4.74 Å². The second kappa shape index (κ2) is 5.47. The summed E-state index contributed by atoms with van der Waals surface area (Å²) >= 11 is 3.33. The first-order valence-electron chi connectivity index (χ1n) is 5.10. The molecule has 0 fully saturated rings. The number of ether oxygens (including phenoxy) is 1. The van der Waals surface area contributed by atoms with Crippen molar-refractivity contribution in [3.63, 3.8) is 0 Å². The maximum atomic E-state index is 9.93. The maximum absolute atomic E-state index is 9.93. The summed E-state index contributed by atoms with van der Waals surface area (Å²) in [4.78, 5) is 0. The van der Waals surface area contributed by atoms with Crippen LogP contribution in [0.4, 0.5) is 0 Å². The Morgan fingerprint density at radius 3 is 2.14 bits per heavy atom. The van der Waals surface area contributed by atoms with Gasteiger partial charge in [0.1, 0.15) is 0 Å². The second-order valence-corrected chi connectivity index (χ2v) is 5.47. The van der Waals surface area contributed by atoms with Crippen LogP contribution >= 0.6 is 15.9 Å². The first-order valence-corrected chi connectivity index (χ1v) is 6.22. The smallest absolute Gasteiger partial charge is 0.0691 e. The van der Waals surface area contributed by atoms with E-state index in [0.29, 0.717) is 5.33 Å². The van der Waals surface area contributed by atoms with E-state index < -0.39 is 0 Å². The minimum Gasteiger partial charge on any atom is -0.392 e. The average Bonchev–Trinajstić information content (AvgIpc) is 2.15. The van der Waals surface area contributed by atoms with Gasteiger partial charge in [0.15, 0.2) is 0 Å². The van der Waals surface area contributed by atoms with Crippen molar-refractivity contribution in [2.24, 2.45) is 5.41 Å². The second-order valence-electron chi connectivity index (χ2n) is 4.82. The highest BCUT2D eigenvalue weighted by Gasteiger charge is 2.36. The number of halogens is 1. The monoisotopic (exact) mass is 266 g/mol. The van der Waals surface area contributed by atoms with Gasteiger partial charge < -0.3 is 9.84 Å². The lowest BCUT2D eigenvalue weighted by Gasteiger charge is -2.39. The molecule has 0 saturated heterocycles. The van der Waals surface area contributed by atoms with Gasteiger partial charge in [0.2, 0.25) is 0 Å². The fourth-order valence-electron chi connectivity index (χ4n) is 1.71. The molecular weight excluding hydrogens is 244 g/mol. The molecule has 1 N–H and O–H groups in total.